The second-order valence-corrected chi connectivity index (χ2v) is 5.79. The van der Waals surface area contributed by atoms with Crippen molar-refractivity contribution in [1.29, 1.82) is 0 Å². The molecule has 2 heterocycles. The van der Waals surface area contributed by atoms with Crippen molar-refractivity contribution < 1.29 is 13.6 Å². The summed E-state index contributed by atoms with van der Waals surface area (Å²) in [5, 5.41) is 11.4. The molecule has 6 nitrogen and oxygen atoms in total. The van der Waals surface area contributed by atoms with Gasteiger partial charge in [-0.15, -0.1) is 10.2 Å². The Morgan fingerprint density at radius 3 is 2.92 bits per heavy atom. The number of para-hydroxylation sites is 1. The zero-order valence-electron chi connectivity index (χ0n) is 13.7. The van der Waals surface area contributed by atoms with E-state index in [1.54, 1.807) is 6.07 Å². The number of aromatic nitrogens is 3. The molecule has 0 aliphatic heterocycles. The van der Waals surface area contributed by atoms with Crippen molar-refractivity contribution in [3.63, 3.8) is 0 Å². The van der Waals surface area contributed by atoms with Gasteiger partial charge in [0, 0.05) is 29.2 Å². The number of amides is 1. The highest BCUT2D eigenvalue weighted by Crippen LogP contribution is 2.19. The third-order valence-electron chi connectivity index (χ3n) is 4.05. The van der Waals surface area contributed by atoms with Gasteiger partial charge in [-0.25, -0.2) is 4.39 Å². The van der Waals surface area contributed by atoms with Gasteiger partial charge in [-0.2, -0.15) is 0 Å². The minimum absolute atomic E-state index is 0.103. The molecule has 4 rings (SSSR count). The molecule has 4 aromatic rings. The lowest BCUT2D eigenvalue weighted by atomic mass is 10.1. The summed E-state index contributed by atoms with van der Waals surface area (Å²) in [5.74, 6) is -0.917. The lowest BCUT2D eigenvalue weighted by Crippen LogP contribution is -2.25. The normalized spacial score (nSPS) is 11.0. The SMILES string of the molecule is O=C(NCCc1c[nH]c2ccccc12)c1nnc(-c2cccc(F)c2)o1. The molecule has 0 fully saturated rings. The van der Waals surface area contributed by atoms with Gasteiger partial charge in [0.25, 0.3) is 0 Å². The van der Waals surface area contributed by atoms with Crippen LogP contribution in [-0.4, -0.2) is 27.6 Å². The van der Waals surface area contributed by atoms with Crippen molar-refractivity contribution in [1.82, 2.24) is 20.5 Å². The van der Waals surface area contributed by atoms with E-state index < -0.39 is 11.7 Å². The average molecular weight is 350 g/mol. The van der Waals surface area contributed by atoms with E-state index >= 15 is 0 Å². The molecule has 2 N–H and O–H groups in total. The van der Waals surface area contributed by atoms with E-state index in [0.717, 1.165) is 16.5 Å². The van der Waals surface area contributed by atoms with Crippen LogP contribution in [0.15, 0.2) is 59.1 Å². The van der Waals surface area contributed by atoms with Gasteiger partial charge in [0.05, 0.1) is 0 Å². The van der Waals surface area contributed by atoms with Crippen molar-refractivity contribution in [2.24, 2.45) is 0 Å². The van der Waals surface area contributed by atoms with E-state index in [1.807, 2.05) is 30.5 Å². The number of fused-ring (bicyclic) bond motifs is 1. The summed E-state index contributed by atoms with van der Waals surface area (Å²) in [6.07, 6.45) is 2.60. The van der Waals surface area contributed by atoms with E-state index in [1.165, 1.54) is 18.2 Å². The lowest BCUT2D eigenvalue weighted by Gasteiger charge is -2.01. The number of carbonyl (C=O) groups is 1. The summed E-state index contributed by atoms with van der Waals surface area (Å²) in [6, 6.07) is 13.7. The molecular formula is C19H15FN4O2. The molecule has 7 heteroatoms. The molecule has 0 bridgehead atoms. The molecule has 0 saturated carbocycles. The summed E-state index contributed by atoms with van der Waals surface area (Å²) in [6.45, 7) is 0.429. The first-order valence-electron chi connectivity index (χ1n) is 8.13. The van der Waals surface area contributed by atoms with Gasteiger partial charge in [0.1, 0.15) is 5.82 Å². The fourth-order valence-corrected chi connectivity index (χ4v) is 2.78. The van der Waals surface area contributed by atoms with E-state index in [0.29, 0.717) is 18.5 Å². The van der Waals surface area contributed by atoms with Crippen LogP contribution in [0.1, 0.15) is 16.2 Å². The Hall–Kier alpha value is -3.48. The molecule has 26 heavy (non-hydrogen) atoms. The molecule has 0 atom stereocenters. The van der Waals surface area contributed by atoms with Crippen LogP contribution in [0.3, 0.4) is 0 Å². The minimum atomic E-state index is -0.458. The molecule has 0 aliphatic rings. The average Bonchev–Trinajstić information content (AvgIpc) is 3.29. The number of H-pyrrole nitrogens is 1. The van der Waals surface area contributed by atoms with Crippen LogP contribution in [0.4, 0.5) is 4.39 Å². The minimum Gasteiger partial charge on any atom is -0.412 e. The molecule has 0 spiro atoms. The van der Waals surface area contributed by atoms with Crippen LogP contribution in [-0.2, 0) is 6.42 Å². The molecule has 130 valence electrons. The number of halogens is 1. The summed E-state index contributed by atoms with van der Waals surface area (Å²) < 4.78 is 18.6. The van der Waals surface area contributed by atoms with Crippen LogP contribution in [0.2, 0.25) is 0 Å². The number of aromatic amines is 1. The van der Waals surface area contributed by atoms with E-state index in [-0.39, 0.29) is 11.8 Å². The van der Waals surface area contributed by atoms with Crippen LogP contribution < -0.4 is 5.32 Å². The van der Waals surface area contributed by atoms with E-state index in [2.05, 4.69) is 20.5 Å². The highest BCUT2D eigenvalue weighted by molar-refractivity contribution is 5.89. The third kappa shape index (κ3) is 3.19. The number of nitrogens with zero attached hydrogens (tertiary/aromatic N) is 2. The Bertz CT molecular complexity index is 1070. The fourth-order valence-electron chi connectivity index (χ4n) is 2.78. The van der Waals surface area contributed by atoms with Crippen LogP contribution in [0.25, 0.3) is 22.4 Å². The fraction of sp³-hybridized carbons (Fsp3) is 0.105. The van der Waals surface area contributed by atoms with Gasteiger partial charge < -0.3 is 14.7 Å². The Kier molecular flexibility index (Phi) is 4.18. The molecule has 2 aromatic carbocycles. The number of nitrogens with one attached hydrogen (secondary N) is 2. The highest BCUT2D eigenvalue weighted by Gasteiger charge is 2.16. The van der Waals surface area contributed by atoms with Crippen molar-refractivity contribution in [3.05, 3.63) is 72.0 Å². The number of carbonyl (C=O) groups excluding carboxylic acids is 1. The summed E-state index contributed by atoms with van der Waals surface area (Å²) in [7, 11) is 0. The smallest absolute Gasteiger partial charge is 0.308 e. The Morgan fingerprint density at radius 1 is 1.15 bits per heavy atom. The zero-order valence-corrected chi connectivity index (χ0v) is 13.7. The maximum Gasteiger partial charge on any atom is 0.308 e. The van der Waals surface area contributed by atoms with Gasteiger partial charge in [-0.1, -0.05) is 24.3 Å². The van der Waals surface area contributed by atoms with E-state index in [4.69, 9.17) is 4.42 Å². The Balaban J connectivity index is 1.39. The maximum absolute atomic E-state index is 13.3. The van der Waals surface area contributed by atoms with Gasteiger partial charge in [0.2, 0.25) is 5.89 Å². The molecule has 0 aliphatic carbocycles. The predicted molar refractivity (Wildman–Crippen MR) is 94.0 cm³/mol. The second kappa shape index (κ2) is 6.79. The number of hydrogen-bond acceptors (Lipinski definition) is 4. The number of rotatable bonds is 5. The van der Waals surface area contributed by atoms with Crippen molar-refractivity contribution in [2.75, 3.05) is 6.54 Å². The zero-order chi connectivity index (χ0) is 17.9. The van der Waals surface area contributed by atoms with Gasteiger partial charge in [0.15, 0.2) is 0 Å². The first-order chi connectivity index (χ1) is 12.7. The van der Waals surface area contributed by atoms with Gasteiger partial charge >= 0.3 is 11.8 Å². The molecule has 0 radical (unpaired) electrons. The monoisotopic (exact) mass is 350 g/mol. The maximum atomic E-state index is 13.3. The molecule has 2 aromatic heterocycles. The first-order valence-corrected chi connectivity index (χ1v) is 8.13. The Morgan fingerprint density at radius 2 is 2.04 bits per heavy atom. The summed E-state index contributed by atoms with van der Waals surface area (Å²) in [4.78, 5) is 15.4. The standard InChI is InChI=1S/C19H15FN4O2/c20-14-5-3-4-12(10-14)18-23-24-19(26-18)17(25)21-9-8-13-11-22-16-7-2-1-6-15(13)16/h1-7,10-11,22H,8-9H2,(H,21,25). The molecular weight excluding hydrogens is 335 g/mol. The van der Waals surface area contributed by atoms with Crippen molar-refractivity contribution >= 4 is 16.8 Å². The van der Waals surface area contributed by atoms with E-state index in [9.17, 15) is 9.18 Å². The third-order valence-corrected chi connectivity index (χ3v) is 4.05. The number of hydrogen-bond donors (Lipinski definition) is 2. The summed E-state index contributed by atoms with van der Waals surface area (Å²) in [5.41, 5.74) is 2.60. The molecule has 1 amide bonds. The van der Waals surface area contributed by atoms with Gasteiger partial charge in [-0.3, -0.25) is 4.79 Å². The first kappa shape index (κ1) is 16.0. The van der Waals surface area contributed by atoms with Crippen LogP contribution >= 0.6 is 0 Å². The predicted octanol–water partition coefficient (Wildman–Crippen LogP) is 3.33. The Labute approximate surface area is 148 Å². The summed E-state index contributed by atoms with van der Waals surface area (Å²) >= 11 is 0. The largest absolute Gasteiger partial charge is 0.412 e. The lowest BCUT2D eigenvalue weighted by molar-refractivity contribution is 0.0920. The molecule has 0 saturated heterocycles. The molecule has 0 unspecified atom stereocenters. The van der Waals surface area contributed by atoms with Crippen LogP contribution in [0, 0.1) is 5.82 Å². The van der Waals surface area contributed by atoms with Crippen molar-refractivity contribution in [2.45, 2.75) is 6.42 Å². The number of benzene rings is 2. The topological polar surface area (TPSA) is 83.8 Å². The quantitative estimate of drug-likeness (QED) is 0.578. The second-order valence-electron chi connectivity index (χ2n) is 5.79. The van der Waals surface area contributed by atoms with Crippen LogP contribution in [0.5, 0.6) is 0 Å². The van der Waals surface area contributed by atoms with Crippen molar-refractivity contribution in [3.8, 4) is 11.5 Å². The highest BCUT2D eigenvalue weighted by atomic mass is 19.1. The van der Waals surface area contributed by atoms with Gasteiger partial charge in [-0.05, 0) is 36.2 Å².